The van der Waals surface area contributed by atoms with Crippen LogP contribution in [-0.4, -0.2) is 24.1 Å². The third-order valence-electron chi connectivity index (χ3n) is 14.3. The largest absolute Gasteiger partial charge is 0.309 e. The van der Waals surface area contributed by atoms with E-state index in [1.54, 1.807) is 0 Å². The molecule has 0 fully saturated rings. The summed E-state index contributed by atoms with van der Waals surface area (Å²) in [6.45, 7) is 0. The van der Waals surface area contributed by atoms with Crippen LogP contribution in [0.1, 0.15) is 0 Å². The minimum atomic E-state index is 0.603. The van der Waals surface area contributed by atoms with Gasteiger partial charge in [0.1, 0.15) is 0 Å². The van der Waals surface area contributed by atoms with Crippen LogP contribution in [0.5, 0.6) is 0 Å². The van der Waals surface area contributed by atoms with Crippen LogP contribution >= 0.6 is 11.3 Å². The Kier molecular flexibility index (Phi) is 8.76. The number of nitrogens with zero attached hydrogens (tertiary/aromatic N) is 5. The van der Waals surface area contributed by atoms with E-state index in [0.717, 1.165) is 72.0 Å². The molecule has 0 aliphatic heterocycles. The molecular formula is C65H39N5S. The van der Waals surface area contributed by atoms with Gasteiger partial charge in [0.25, 0.3) is 0 Å². The molecule has 71 heavy (non-hydrogen) atoms. The summed E-state index contributed by atoms with van der Waals surface area (Å²) in [7, 11) is 0. The highest BCUT2D eigenvalue weighted by molar-refractivity contribution is 7.26. The first-order valence-corrected chi connectivity index (χ1v) is 24.8. The third-order valence-corrected chi connectivity index (χ3v) is 15.5. The zero-order valence-electron chi connectivity index (χ0n) is 38.2. The topological polar surface area (TPSA) is 48.5 Å². The van der Waals surface area contributed by atoms with Gasteiger partial charge in [-0.2, -0.15) is 0 Å². The number of hydrogen-bond acceptors (Lipinski definition) is 4. The average Bonchev–Trinajstić information content (AvgIpc) is 4.11. The van der Waals surface area contributed by atoms with Gasteiger partial charge in [-0.15, -0.1) is 11.3 Å². The van der Waals surface area contributed by atoms with Crippen LogP contribution in [0.2, 0.25) is 0 Å². The first-order valence-electron chi connectivity index (χ1n) is 24.0. The Morgan fingerprint density at radius 2 is 0.915 bits per heavy atom. The van der Waals surface area contributed by atoms with E-state index in [1.165, 1.54) is 52.5 Å². The molecule has 6 heteroatoms. The molecule has 0 atom stereocenters. The van der Waals surface area contributed by atoms with E-state index in [4.69, 9.17) is 15.0 Å². The van der Waals surface area contributed by atoms with E-state index in [9.17, 15) is 0 Å². The van der Waals surface area contributed by atoms with Gasteiger partial charge in [-0.25, -0.2) is 15.0 Å². The van der Waals surface area contributed by atoms with Gasteiger partial charge in [-0.1, -0.05) is 164 Å². The van der Waals surface area contributed by atoms with Crippen LogP contribution in [0.15, 0.2) is 237 Å². The number of benzene rings is 11. The lowest BCUT2D eigenvalue weighted by atomic mass is 9.93. The molecule has 0 aliphatic rings. The lowest BCUT2D eigenvalue weighted by Crippen LogP contribution is -2.02. The van der Waals surface area contributed by atoms with Gasteiger partial charge < -0.3 is 9.13 Å². The number of rotatable bonds is 6. The van der Waals surface area contributed by atoms with Crippen LogP contribution in [0.3, 0.4) is 0 Å². The van der Waals surface area contributed by atoms with Crippen molar-refractivity contribution in [1.82, 2.24) is 24.1 Å². The van der Waals surface area contributed by atoms with Gasteiger partial charge in [0, 0.05) is 69.7 Å². The van der Waals surface area contributed by atoms with Gasteiger partial charge in [-0.3, -0.25) is 0 Å². The van der Waals surface area contributed by atoms with Crippen molar-refractivity contribution in [3.05, 3.63) is 237 Å². The van der Waals surface area contributed by atoms with Crippen LogP contribution in [-0.2, 0) is 0 Å². The lowest BCUT2D eigenvalue weighted by molar-refractivity contribution is 1.07. The molecule has 0 bridgehead atoms. The molecule has 0 saturated heterocycles. The zero-order chi connectivity index (χ0) is 46.6. The average molecular weight is 922 g/mol. The SMILES string of the molecule is c1ccc(-c2nc(-c3ccc(-n4c5ccccc5c5cc6ccccc6cc54)c(-c4cc5ccccc5c5sc6ccccc6c45)c3)nc(-c3cccc4c3c3ccccc3n4-c3ccccc3)n2)cc1. The van der Waals surface area contributed by atoms with E-state index in [1.807, 2.05) is 29.5 Å². The van der Waals surface area contributed by atoms with Gasteiger partial charge in [-0.05, 0) is 99.9 Å². The Labute approximate surface area is 411 Å². The van der Waals surface area contributed by atoms with Crippen LogP contribution < -0.4 is 0 Å². The summed E-state index contributed by atoms with van der Waals surface area (Å²) in [5.41, 5.74) is 11.7. The molecule has 11 aromatic carbocycles. The van der Waals surface area contributed by atoms with E-state index in [2.05, 4.69) is 228 Å². The highest BCUT2D eigenvalue weighted by Crippen LogP contribution is 2.48. The normalized spacial score (nSPS) is 11.9. The number of aromatic nitrogens is 5. The molecule has 15 aromatic rings. The Hall–Kier alpha value is -9.23. The van der Waals surface area contributed by atoms with Crippen LogP contribution in [0, 0.1) is 0 Å². The quantitative estimate of drug-likeness (QED) is 0.167. The van der Waals surface area contributed by atoms with Crippen molar-refractivity contribution >= 4 is 96.7 Å². The number of fused-ring (bicyclic) bond motifs is 12. The maximum absolute atomic E-state index is 5.52. The van der Waals surface area contributed by atoms with Crippen molar-refractivity contribution in [2.24, 2.45) is 0 Å². The summed E-state index contributed by atoms with van der Waals surface area (Å²) in [6.07, 6.45) is 0. The zero-order valence-corrected chi connectivity index (χ0v) is 39.0. The second kappa shape index (κ2) is 15.7. The van der Waals surface area contributed by atoms with E-state index >= 15 is 0 Å². The molecule has 0 saturated carbocycles. The minimum Gasteiger partial charge on any atom is -0.309 e. The Morgan fingerprint density at radius 3 is 1.72 bits per heavy atom. The second-order valence-corrected chi connectivity index (χ2v) is 19.4. The Morgan fingerprint density at radius 1 is 0.310 bits per heavy atom. The third kappa shape index (κ3) is 6.15. The smallest absolute Gasteiger partial charge is 0.164 e. The molecule has 330 valence electrons. The fraction of sp³-hybridized carbons (Fsp3) is 0. The van der Waals surface area contributed by atoms with Gasteiger partial charge in [0.15, 0.2) is 17.5 Å². The molecule has 15 rings (SSSR count). The van der Waals surface area contributed by atoms with E-state index in [0.29, 0.717) is 17.5 Å². The van der Waals surface area contributed by atoms with Crippen molar-refractivity contribution in [3.63, 3.8) is 0 Å². The summed E-state index contributed by atoms with van der Waals surface area (Å²) in [4.78, 5) is 16.2. The van der Waals surface area contributed by atoms with Gasteiger partial charge in [0.2, 0.25) is 0 Å². The number of para-hydroxylation sites is 3. The van der Waals surface area contributed by atoms with Crippen LogP contribution in [0.4, 0.5) is 0 Å². The summed E-state index contributed by atoms with van der Waals surface area (Å²) < 4.78 is 7.36. The van der Waals surface area contributed by atoms with Crippen LogP contribution in [0.25, 0.3) is 142 Å². The molecule has 0 aliphatic carbocycles. The summed E-state index contributed by atoms with van der Waals surface area (Å²) in [6, 6.07) is 85.1. The predicted molar refractivity (Wildman–Crippen MR) is 298 cm³/mol. The van der Waals surface area contributed by atoms with Gasteiger partial charge >= 0.3 is 0 Å². The fourth-order valence-electron chi connectivity index (χ4n) is 11.2. The van der Waals surface area contributed by atoms with Crippen molar-refractivity contribution in [2.45, 2.75) is 0 Å². The molecule has 0 spiro atoms. The molecule has 4 heterocycles. The van der Waals surface area contributed by atoms with E-state index < -0.39 is 0 Å². The molecule has 0 amide bonds. The highest BCUT2D eigenvalue weighted by Gasteiger charge is 2.24. The summed E-state index contributed by atoms with van der Waals surface area (Å²) >= 11 is 1.87. The fourth-order valence-corrected chi connectivity index (χ4v) is 12.4. The van der Waals surface area contributed by atoms with Gasteiger partial charge in [0.05, 0.1) is 27.8 Å². The minimum absolute atomic E-state index is 0.603. The molecule has 5 nitrogen and oxygen atoms in total. The van der Waals surface area contributed by atoms with Crippen molar-refractivity contribution < 1.29 is 0 Å². The van der Waals surface area contributed by atoms with Crippen molar-refractivity contribution in [3.8, 4) is 56.7 Å². The van der Waals surface area contributed by atoms with E-state index in [-0.39, 0.29) is 0 Å². The van der Waals surface area contributed by atoms with Crippen molar-refractivity contribution in [1.29, 1.82) is 0 Å². The molecule has 0 unspecified atom stereocenters. The monoisotopic (exact) mass is 921 g/mol. The first-order chi connectivity index (χ1) is 35.2. The maximum Gasteiger partial charge on any atom is 0.164 e. The van der Waals surface area contributed by atoms with Crippen molar-refractivity contribution in [2.75, 3.05) is 0 Å². The Bertz CT molecular complexity index is 4640. The molecule has 0 radical (unpaired) electrons. The summed E-state index contributed by atoms with van der Waals surface area (Å²) in [5, 5.41) is 12.0. The molecule has 0 N–H and O–H groups in total. The standard InChI is InChI=1S/C65H39N5S/c1-3-18-40(19-4-1)63-66-64(68-65(67-63)50-29-17-32-57-60(50)48-27-12-15-31-55(48)69(57)45-23-5-2-6-24-45)44-34-35-56(70-54-30-14-11-26-47(54)51-36-41-20-7-8-21-42(41)39-58(51)70)52(38-44)53-37-43-22-9-10-25-46(43)62-61(53)49-28-13-16-33-59(49)71-62/h1-39H. The number of hydrogen-bond donors (Lipinski definition) is 0. The lowest BCUT2D eigenvalue weighted by Gasteiger charge is -2.18. The number of thiophene rings is 1. The maximum atomic E-state index is 5.52. The summed E-state index contributed by atoms with van der Waals surface area (Å²) in [5.74, 6) is 1.84. The Balaban J connectivity index is 1.04. The second-order valence-electron chi connectivity index (χ2n) is 18.3. The molecular weight excluding hydrogens is 883 g/mol. The first kappa shape index (κ1) is 39.7. The highest BCUT2D eigenvalue weighted by atomic mass is 32.1. The molecule has 4 aromatic heterocycles. The predicted octanol–water partition coefficient (Wildman–Crippen LogP) is 17.4.